The molecule has 5 nitrogen and oxygen atoms in total. The van der Waals surface area contributed by atoms with E-state index in [1.54, 1.807) is 16.7 Å². The van der Waals surface area contributed by atoms with E-state index in [1.807, 2.05) is 31.2 Å². The molecule has 0 radical (unpaired) electrons. The van der Waals surface area contributed by atoms with Crippen LogP contribution in [0.3, 0.4) is 0 Å². The molecule has 0 spiro atoms. The third kappa shape index (κ3) is 2.65. The first kappa shape index (κ1) is 16.0. The molecule has 5 heteroatoms. The Labute approximate surface area is 146 Å². The first-order chi connectivity index (χ1) is 12.1. The van der Waals surface area contributed by atoms with Crippen molar-refractivity contribution in [1.82, 2.24) is 14.7 Å². The van der Waals surface area contributed by atoms with Crippen molar-refractivity contribution < 1.29 is 5.11 Å². The van der Waals surface area contributed by atoms with E-state index < -0.39 is 5.54 Å². The molecule has 3 aromatic rings. The van der Waals surface area contributed by atoms with Gasteiger partial charge in [0.25, 0.3) is 5.56 Å². The lowest BCUT2D eigenvalue weighted by Gasteiger charge is -2.29. The molecule has 2 heterocycles. The summed E-state index contributed by atoms with van der Waals surface area (Å²) in [5, 5.41) is 13.5. The van der Waals surface area contributed by atoms with E-state index >= 15 is 0 Å². The number of nitrogens with zero attached hydrogens (tertiary/aromatic N) is 2. The van der Waals surface area contributed by atoms with E-state index in [0.717, 1.165) is 24.0 Å². The predicted molar refractivity (Wildman–Crippen MR) is 96.6 cm³/mol. The molecule has 0 aliphatic heterocycles. The van der Waals surface area contributed by atoms with Crippen molar-refractivity contribution in [2.75, 3.05) is 6.61 Å². The number of nitrogens with one attached hydrogen (secondary N) is 1. The van der Waals surface area contributed by atoms with Crippen molar-refractivity contribution >= 4 is 5.65 Å². The smallest absolute Gasteiger partial charge is 0.258 e. The SMILES string of the molecule is Cc1cccn2c(=O)cc(CNC3(CO)CCc4ccccc43)nc12. The minimum absolute atomic E-state index is 0.0234. The summed E-state index contributed by atoms with van der Waals surface area (Å²) in [6, 6.07) is 13.6. The molecule has 1 aliphatic carbocycles. The monoisotopic (exact) mass is 335 g/mol. The van der Waals surface area contributed by atoms with E-state index in [1.165, 1.54) is 5.56 Å². The fraction of sp³-hybridized carbons (Fsp3) is 0.300. The number of aromatic nitrogens is 2. The fourth-order valence-electron chi connectivity index (χ4n) is 3.75. The maximum absolute atomic E-state index is 12.3. The van der Waals surface area contributed by atoms with Gasteiger partial charge in [0, 0.05) is 18.8 Å². The van der Waals surface area contributed by atoms with Gasteiger partial charge in [0.15, 0.2) is 0 Å². The number of fused-ring (bicyclic) bond motifs is 2. The van der Waals surface area contributed by atoms with Crippen LogP contribution in [-0.4, -0.2) is 21.1 Å². The highest BCUT2D eigenvalue weighted by Gasteiger charge is 2.37. The Balaban J connectivity index is 1.66. The molecule has 0 amide bonds. The molecule has 0 saturated carbocycles. The van der Waals surface area contributed by atoms with E-state index in [4.69, 9.17) is 0 Å². The lowest BCUT2D eigenvalue weighted by Crippen LogP contribution is -2.43. The number of benzene rings is 1. The second-order valence-corrected chi connectivity index (χ2v) is 6.72. The summed E-state index contributed by atoms with van der Waals surface area (Å²) < 4.78 is 1.56. The highest BCUT2D eigenvalue weighted by Crippen LogP contribution is 2.36. The van der Waals surface area contributed by atoms with Gasteiger partial charge < -0.3 is 5.11 Å². The third-order valence-corrected chi connectivity index (χ3v) is 5.17. The molecule has 1 aliphatic rings. The number of aliphatic hydroxyl groups is 1. The van der Waals surface area contributed by atoms with Gasteiger partial charge in [-0.05, 0) is 42.5 Å². The first-order valence-corrected chi connectivity index (χ1v) is 8.55. The van der Waals surface area contributed by atoms with Gasteiger partial charge in [-0.25, -0.2) is 4.98 Å². The van der Waals surface area contributed by atoms with Crippen molar-refractivity contribution in [2.45, 2.75) is 31.8 Å². The van der Waals surface area contributed by atoms with Crippen LogP contribution in [0, 0.1) is 6.92 Å². The Morgan fingerprint density at radius 1 is 1.28 bits per heavy atom. The van der Waals surface area contributed by atoms with Crippen LogP contribution in [0.15, 0.2) is 53.5 Å². The molecule has 0 bridgehead atoms. The van der Waals surface area contributed by atoms with Crippen molar-refractivity contribution in [1.29, 1.82) is 0 Å². The molecule has 1 unspecified atom stereocenters. The topological polar surface area (TPSA) is 66.6 Å². The van der Waals surface area contributed by atoms with Crippen LogP contribution in [0.4, 0.5) is 0 Å². The lowest BCUT2D eigenvalue weighted by atomic mass is 9.92. The van der Waals surface area contributed by atoms with Gasteiger partial charge in [0.1, 0.15) is 5.65 Å². The molecule has 4 rings (SSSR count). The van der Waals surface area contributed by atoms with Gasteiger partial charge >= 0.3 is 0 Å². The molecule has 1 atom stereocenters. The quantitative estimate of drug-likeness (QED) is 0.764. The minimum Gasteiger partial charge on any atom is -0.394 e. The summed E-state index contributed by atoms with van der Waals surface area (Å²) in [6.45, 7) is 2.41. The van der Waals surface area contributed by atoms with Crippen LogP contribution >= 0.6 is 0 Å². The normalized spacial score (nSPS) is 19.3. The maximum atomic E-state index is 12.3. The second kappa shape index (κ2) is 6.10. The second-order valence-electron chi connectivity index (χ2n) is 6.72. The molecule has 0 saturated heterocycles. The maximum Gasteiger partial charge on any atom is 0.258 e. The average Bonchev–Trinajstić information content (AvgIpc) is 3.00. The van der Waals surface area contributed by atoms with Crippen molar-refractivity contribution in [3.8, 4) is 0 Å². The van der Waals surface area contributed by atoms with Crippen molar-refractivity contribution in [2.24, 2.45) is 0 Å². The number of aryl methyl sites for hydroxylation is 2. The Bertz CT molecular complexity index is 996. The third-order valence-electron chi connectivity index (χ3n) is 5.17. The van der Waals surface area contributed by atoms with Crippen LogP contribution in [0.2, 0.25) is 0 Å². The summed E-state index contributed by atoms with van der Waals surface area (Å²) in [6.07, 6.45) is 3.52. The van der Waals surface area contributed by atoms with Crippen LogP contribution in [-0.2, 0) is 18.5 Å². The highest BCUT2D eigenvalue weighted by atomic mass is 16.3. The van der Waals surface area contributed by atoms with Crippen molar-refractivity contribution in [3.63, 3.8) is 0 Å². The molecule has 25 heavy (non-hydrogen) atoms. The Kier molecular flexibility index (Phi) is 3.90. The summed E-state index contributed by atoms with van der Waals surface area (Å²) in [4.78, 5) is 17.0. The van der Waals surface area contributed by atoms with Gasteiger partial charge in [-0.2, -0.15) is 0 Å². The summed E-state index contributed by atoms with van der Waals surface area (Å²) in [5.74, 6) is 0. The van der Waals surface area contributed by atoms with Crippen LogP contribution < -0.4 is 10.9 Å². The van der Waals surface area contributed by atoms with Gasteiger partial charge in [-0.1, -0.05) is 30.3 Å². The lowest BCUT2D eigenvalue weighted by molar-refractivity contribution is 0.158. The Morgan fingerprint density at radius 2 is 2.12 bits per heavy atom. The minimum atomic E-state index is -0.463. The molecule has 1 aromatic carbocycles. The molecule has 2 N–H and O–H groups in total. The van der Waals surface area contributed by atoms with E-state index in [0.29, 0.717) is 17.9 Å². The van der Waals surface area contributed by atoms with Crippen molar-refractivity contribution in [3.05, 3.63) is 81.4 Å². The van der Waals surface area contributed by atoms with Gasteiger partial charge in [-0.15, -0.1) is 0 Å². The number of pyridine rings is 1. The first-order valence-electron chi connectivity index (χ1n) is 8.55. The zero-order valence-electron chi connectivity index (χ0n) is 14.2. The summed E-state index contributed by atoms with van der Waals surface area (Å²) >= 11 is 0. The molecular weight excluding hydrogens is 314 g/mol. The average molecular weight is 335 g/mol. The summed E-state index contributed by atoms with van der Waals surface area (Å²) in [5.41, 5.74) is 4.19. The van der Waals surface area contributed by atoms with Gasteiger partial charge in [-0.3, -0.25) is 14.5 Å². The highest BCUT2D eigenvalue weighted by molar-refractivity contribution is 5.47. The number of rotatable bonds is 4. The van der Waals surface area contributed by atoms with E-state index in [9.17, 15) is 9.90 Å². The molecule has 2 aromatic heterocycles. The molecule has 0 fully saturated rings. The van der Waals surface area contributed by atoms with E-state index in [2.05, 4.69) is 22.4 Å². The number of hydrogen-bond donors (Lipinski definition) is 2. The fourth-order valence-corrected chi connectivity index (χ4v) is 3.75. The summed E-state index contributed by atoms with van der Waals surface area (Å²) in [7, 11) is 0. The number of aliphatic hydroxyl groups excluding tert-OH is 1. The Morgan fingerprint density at radius 3 is 2.96 bits per heavy atom. The van der Waals surface area contributed by atoms with Gasteiger partial charge in [0.2, 0.25) is 0 Å². The zero-order valence-corrected chi connectivity index (χ0v) is 14.2. The molecule has 128 valence electrons. The molecular formula is C20H21N3O2. The van der Waals surface area contributed by atoms with Gasteiger partial charge in [0.05, 0.1) is 17.8 Å². The number of hydrogen-bond acceptors (Lipinski definition) is 4. The Hall–Kier alpha value is -2.50. The largest absolute Gasteiger partial charge is 0.394 e. The zero-order chi connectivity index (χ0) is 17.4. The predicted octanol–water partition coefficient (Wildman–Crippen LogP) is 1.93. The standard InChI is InChI=1S/C20H21N3O2/c1-14-5-4-10-23-18(25)11-16(22-19(14)23)12-21-20(13-24)9-8-15-6-2-3-7-17(15)20/h2-7,10-11,21,24H,8-9,12-13H2,1H3. The van der Waals surface area contributed by atoms with Crippen LogP contribution in [0.5, 0.6) is 0 Å². The van der Waals surface area contributed by atoms with E-state index in [-0.39, 0.29) is 12.2 Å². The van der Waals surface area contributed by atoms with Crippen LogP contribution in [0.25, 0.3) is 5.65 Å². The van der Waals surface area contributed by atoms with Crippen LogP contribution in [0.1, 0.15) is 28.8 Å².